The topological polar surface area (TPSA) is 0 Å². The van der Waals surface area contributed by atoms with Crippen molar-refractivity contribution >= 4 is 27.1 Å². The Hall–Kier alpha value is -0.747. The van der Waals surface area contributed by atoms with Crippen molar-refractivity contribution in [2.45, 2.75) is 20.3 Å². The molecule has 0 heterocycles. The number of benzene rings is 2. The van der Waals surface area contributed by atoms with Crippen LogP contribution in [0.15, 0.2) is 66.8 Å². The fourth-order valence-corrected chi connectivity index (χ4v) is 2.91. The normalized spacial score (nSPS) is 11.7. The van der Waals surface area contributed by atoms with E-state index in [2.05, 4.69) is 66.8 Å². The van der Waals surface area contributed by atoms with Crippen molar-refractivity contribution in [3.05, 3.63) is 78.7 Å². The fourth-order valence-electron chi connectivity index (χ4n) is 2.91. The molecule has 0 amide bonds. The molecule has 0 aliphatic heterocycles. The minimum Gasteiger partial charge on any atom is -1.00 e. The van der Waals surface area contributed by atoms with E-state index in [1.54, 1.807) is 0 Å². The van der Waals surface area contributed by atoms with E-state index in [1.807, 2.05) is 20.3 Å². The summed E-state index contributed by atoms with van der Waals surface area (Å²) in [6.07, 6.45) is 9.65. The average molecular weight is 435 g/mol. The van der Waals surface area contributed by atoms with Crippen LogP contribution in [0.3, 0.4) is 0 Å². The number of hydrogen-bond acceptors (Lipinski definition) is 0. The van der Waals surface area contributed by atoms with Gasteiger partial charge in [0.25, 0.3) is 0 Å². The van der Waals surface area contributed by atoms with Gasteiger partial charge in [0.1, 0.15) is 0 Å². The molecule has 3 aromatic carbocycles. The minimum absolute atomic E-state index is 0. The van der Waals surface area contributed by atoms with Crippen molar-refractivity contribution in [1.82, 2.24) is 0 Å². The molecule has 24 heavy (non-hydrogen) atoms. The molecule has 0 saturated carbocycles. The Morgan fingerprint density at radius 2 is 1.58 bits per heavy atom. The number of allylic oxidation sites excluding steroid dienone is 4. The van der Waals surface area contributed by atoms with Crippen LogP contribution in [0, 0.1) is 6.42 Å². The van der Waals surface area contributed by atoms with Crippen molar-refractivity contribution in [2.24, 2.45) is 0 Å². The third-order valence-electron chi connectivity index (χ3n) is 3.77. The van der Waals surface area contributed by atoms with Crippen LogP contribution in [0.1, 0.15) is 25.8 Å². The maximum Gasteiger partial charge on any atom is 4.00 e. The summed E-state index contributed by atoms with van der Waals surface area (Å²) >= 11 is 0. The monoisotopic (exact) mass is 432 g/mol. The SMILES string of the molecule is C1=CCC(c2cccc3c2[cH-]c2ccccc23)=C1.C[CH-]C.[Cl-].[Cl-].[Zr+4]. The van der Waals surface area contributed by atoms with Crippen LogP contribution < -0.4 is 24.8 Å². The van der Waals surface area contributed by atoms with E-state index in [4.69, 9.17) is 0 Å². The van der Waals surface area contributed by atoms with Crippen molar-refractivity contribution in [3.63, 3.8) is 0 Å². The van der Waals surface area contributed by atoms with Gasteiger partial charge in [-0.3, -0.25) is 0 Å². The van der Waals surface area contributed by atoms with Crippen LogP contribution in [-0.4, -0.2) is 0 Å². The largest absolute Gasteiger partial charge is 4.00 e. The third-order valence-corrected chi connectivity index (χ3v) is 3.77. The first-order valence-electron chi connectivity index (χ1n) is 7.52. The Morgan fingerprint density at radius 3 is 2.25 bits per heavy atom. The Bertz CT molecular complexity index is 828. The Labute approximate surface area is 176 Å². The van der Waals surface area contributed by atoms with E-state index in [1.165, 1.54) is 32.7 Å². The predicted molar refractivity (Wildman–Crippen MR) is 94.4 cm³/mol. The van der Waals surface area contributed by atoms with Gasteiger partial charge in [-0.25, -0.2) is 0 Å². The first-order chi connectivity index (χ1) is 10.3. The van der Waals surface area contributed by atoms with Crippen molar-refractivity contribution in [1.29, 1.82) is 0 Å². The number of fused-ring (bicyclic) bond motifs is 3. The quantitative estimate of drug-likeness (QED) is 0.483. The summed E-state index contributed by atoms with van der Waals surface area (Å²) in [7, 11) is 0. The van der Waals surface area contributed by atoms with Crippen LogP contribution in [0.25, 0.3) is 27.1 Å². The standard InChI is InChI=1S/C18H13.C3H7.2ClH.Zr/c1-2-7-13(6-1)15-10-5-11-17-16-9-4-3-8-14(16)12-18(15)17;1-3-2;;;/h1-6,8-12H,7H2;3H,1-2H3;2*1H;/q2*-1;;;+4/p-2. The molecule has 122 valence electrons. The van der Waals surface area contributed by atoms with Crippen LogP contribution in [-0.2, 0) is 26.2 Å². The molecule has 0 N–H and O–H groups in total. The number of halogens is 2. The van der Waals surface area contributed by atoms with Crippen molar-refractivity contribution in [2.75, 3.05) is 0 Å². The fraction of sp³-hybridized carbons (Fsp3) is 0.143. The zero-order valence-electron chi connectivity index (χ0n) is 13.9. The van der Waals surface area contributed by atoms with Crippen LogP contribution in [0.4, 0.5) is 0 Å². The van der Waals surface area contributed by atoms with Gasteiger partial charge in [0.2, 0.25) is 0 Å². The summed E-state index contributed by atoms with van der Waals surface area (Å²) in [5.41, 5.74) is 2.81. The van der Waals surface area contributed by atoms with Gasteiger partial charge in [0, 0.05) is 0 Å². The molecule has 0 nitrogen and oxygen atoms in total. The first-order valence-corrected chi connectivity index (χ1v) is 7.52. The molecule has 0 unspecified atom stereocenters. The van der Waals surface area contributed by atoms with Crippen LogP contribution in [0.5, 0.6) is 0 Å². The second kappa shape index (κ2) is 11.0. The second-order valence-corrected chi connectivity index (χ2v) is 5.40. The Morgan fingerprint density at radius 1 is 0.917 bits per heavy atom. The summed E-state index contributed by atoms with van der Waals surface area (Å²) in [5.74, 6) is 0. The molecular formula is C21H20Cl2Zr. The summed E-state index contributed by atoms with van der Waals surface area (Å²) in [6.45, 7) is 4.00. The van der Waals surface area contributed by atoms with E-state index in [0.717, 1.165) is 6.42 Å². The van der Waals surface area contributed by atoms with Gasteiger partial charge in [-0.1, -0.05) is 65.8 Å². The maximum absolute atomic E-state index is 2.32. The van der Waals surface area contributed by atoms with Gasteiger partial charge in [0.15, 0.2) is 0 Å². The summed E-state index contributed by atoms with van der Waals surface area (Å²) in [5, 5.41) is 5.46. The van der Waals surface area contributed by atoms with E-state index >= 15 is 0 Å². The smallest absolute Gasteiger partial charge is 1.00 e. The molecule has 0 spiro atoms. The van der Waals surface area contributed by atoms with Crippen LogP contribution >= 0.6 is 0 Å². The van der Waals surface area contributed by atoms with Crippen molar-refractivity contribution < 1.29 is 51.0 Å². The molecule has 0 saturated heterocycles. The van der Waals surface area contributed by atoms with Gasteiger partial charge in [0.05, 0.1) is 0 Å². The Balaban J connectivity index is 0.000000827. The molecule has 0 atom stereocenters. The third kappa shape index (κ3) is 4.66. The molecular weight excluding hydrogens is 414 g/mol. The van der Waals surface area contributed by atoms with E-state index in [-0.39, 0.29) is 51.0 Å². The zero-order chi connectivity index (χ0) is 14.7. The molecule has 1 aliphatic rings. The number of rotatable bonds is 1. The van der Waals surface area contributed by atoms with Gasteiger partial charge in [-0.2, -0.15) is 13.8 Å². The molecule has 0 radical (unpaired) electrons. The predicted octanol–water partition coefficient (Wildman–Crippen LogP) is 0.291. The van der Waals surface area contributed by atoms with E-state index in [0.29, 0.717) is 0 Å². The van der Waals surface area contributed by atoms with E-state index < -0.39 is 0 Å². The summed E-state index contributed by atoms with van der Waals surface area (Å²) < 4.78 is 0. The Kier molecular flexibility index (Phi) is 10.6. The van der Waals surface area contributed by atoms with Crippen molar-refractivity contribution in [3.8, 4) is 0 Å². The maximum atomic E-state index is 2.32. The summed E-state index contributed by atoms with van der Waals surface area (Å²) in [6, 6.07) is 17.6. The zero-order valence-corrected chi connectivity index (χ0v) is 17.9. The average Bonchev–Trinajstić information content (AvgIpc) is 3.15. The van der Waals surface area contributed by atoms with E-state index in [9.17, 15) is 0 Å². The number of hydrogen-bond donors (Lipinski definition) is 0. The minimum atomic E-state index is 0. The molecule has 0 fully saturated rings. The first kappa shape index (κ1) is 23.3. The summed E-state index contributed by atoms with van der Waals surface area (Å²) in [4.78, 5) is 0. The molecule has 0 bridgehead atoms. The van der Waals surface area contributed by atoms with Gasteiger partial charge in [-0.05, 0) is 6.42 Å². The van der Waals surface area contributed by atoms with Gasteiger partial charge >= 0.3 is 26.2 Å². The molecule has 3 heteroatoms. The second-order valence-electron chi connectivity index (χ2n) is 5.40. The van der Waals surface area contributed by atoms with Gasteiger partial charge in [-0.15, -0.1) is 33.7 Å². The molecule has 1 aliphatic carbocycles. The molecule has 3 aromatic rings. The molecule has 4 rings (SSSR count). The molecule has 0 aromatic heterocycles. The van der Waals surface area contributed by atoms with Gasteiger partial charge < -0.3 is 31.2 Å². The van der Waals surface area contributed by atoms with Crippen LogP contribution in [0.2, 0.25) is 0 Å².